The lowest BCUT2D eigenvalue weighted by atomic mass is 10.2. The van der Waals surface area contributed by atoms with E-state index >= 15 is 0 Å². The number of rotatable bonds is 0. The first-order valence-electron chi connectivity index (χ1n) is 4.77. The van der Waals surface area contributed by atoms with Gasteiger partial charge < -0.3 is 10.1 Å². The zero-order chi connectivity index (χ0) is 10.3. The van der Waals surface area contributed by atoms with Crippen molar-refractivity contribution in [3.63, 3.8) is 0 Å². The minimum absolute atomic E-state index is 0.876. The van der Waals surface area contributed by atoms with E-state index in [4.69, 9.17) is 4.74 Å². The van der Waals surface area contributed by atoms with Gasteiger partial charge in [-0.05, 0) is 23.5 Å². The van der Waals surface area contributed by atoms with Crippen LogP contribution >= 0.6 is 9.24 Å². The Bertz CT molecular complexity index is 525. The third kappa shape index (κ3) is 1.38. The standard InChI is InChI=1S/C12H10NOP/c15-11-7-3-6-10-12(11)13-8-4-1-2-5-9(8)14-10/h1-7,13H,15H2. The number of benzene rings is 2. The van der Waals surface area contributed by atoms with Crippen LogP contribution in [-0.4, -0.2) is 0 Å². The fourth-order valence-electron chi connectivity index (χ4n) is 1.68. The van der Waals surface area contributed by atoms with E-state index in [9.17, 15) is 0 Å². The van der Waals surface area contributed by atoms with E-state index in [2.05, 4.69) is 14.6 Å². The lowest BCUT2D eigenvalue weighted by Gasteiger charge is -2.22. The van der Waals surface area contributed by atoms with Gasteiger partial charge in [0, 0.05) is 0 Å². The molecule has 0 aromatic heterocycles. The Balaban J connectivity index is 2.15. The topological polar surface area (TPSA) is 21.3 Å². The van der Waals surface area contributed by atoms with Crippen molar-refractivity contribution in [2.75, 3.05) is 5.32 Å². The normalized spacial score (nSPS) is 12.1. The number of anilines is 2. The smallest absolute Gasteiger partial charge is 0.151 e. The van der Waals surface area contributed by atoms with E-state index in [1.165, 1.54) is 0 Å². The number of hydrogen-bond acceptors (Lipinski definition) is 2. The van der Waals surface area contributed by atoms with Crippen molar-refractivity contribution in [3.05, 3.63) is 42.5 Å². The van der Waals surface area contributed by atoms with E-state index in [-0.39, 0.29) is 0 Å². The van der Waals surface area contributed by atoms with E-state index < -0.39 is 0 Å². The van der Waals surface area contributed by atoms with Gasteiger partial charge in [0.05, 0.1) is 11.4 Å². The molecule has 2 aromatic carbocycles. The molecule has 3 rings (SSSR count). The molecule has 3 heteroatoms. The predicted molar refractivity (Wildman–Crippen MR) is 65.6 cm³/mol. The maximum Gasteiger partial charge on any atom is 0.151 e. The lowest BCUT2D eigenvalue weighted by molar-refractivity contribution is 0.481. The minimum Gasteiger partial charge on any atom is -0.453 e. The van der Waals surface area contributed by atoms with E-state index in [1.54, 1.807) is 0 Å². The molecular formula is C12H10NOP. The van der Waals surface area contributed by atoms with Crippen LogP contribution in [0.4, 0.5) is 11.4 Å². The number of nitrogens with one attached hydrogen (secondary N) is 1. The molecule has 0 amide bonds. The average Bonchev–Trinajstić information content (AvgIpc) is 2.27. The van der Waals surface area contributed by atoms with E-state index in [0.29, 0.717) is 0 Å². The molecule has 1 atom stereocenters. The maximum absolute atomic E-state index is 5.78. The van der Waals surface area contributed by atoms with Crippen molar-refractivity contribution in [2.45, 2.75) is 0 Å². The highest BCUT2D eigenvalue weighted by atomic mass is 31.0. The summed E-state index contributed by atoms with van der Waals surface area (Å²) in [6.07, 6.45) is 0. The molecule has 15 heavy (non-hydrogen) atoms. The third-order valence-corrected chi connectivity index (χ3v) is 2.91. The number of ether oxygens (including phenoxy) is 1. The molecule has 1 heterocycles. The molecule has 1 unspecified atom stereocenters. The second-order valence-corrected chi connectivity index (χ2v) is 4.07. The van der Waals surface area contributed by atoms with Crippen LogP contribution < -0.4 is 15.4 Å². The van der Waals surface area contributed by atoms with Crippen LogP contribution in [0.15, 0.2) is 42.5 Å². The highest BCUT2D eigenvalue weighted by molar-refractivity contribution is 7.28. The van der Waals surface area contributed by atoms with Crippen LogP contribution in [0.25, 0.3) is 0 Å². The van der Waals surface area contributed by atoms with Gasteiger partial charge in [-0.15, -0.1) is 9.24 Å². The Hall–Kier alpha value is -1.53. The molecule has 2 aromatic rings. The van der Waals surface area contributed by atoms with Gasteiger partial charge in [-0.2, -0.15) is 0 Å². The van der Waals surface area contributed by atoms with Gasteiger partial charge >= 0.3 is 0 Å². The molecule has 0 aliphatic carbocycles. The molecule has 1 aliphatic heterocycles. The zero-order valence-corrected chi connectivity index (χ0v) is 9.18. The lowest BCUT2D eigenvalue weighted by Crippen LogP contribution is -2.09. The fourth-order valence-corrected chi connectivity index (χ4v) is 2.00. The molecule has 2 nitrogen and oxygen atoms in total. The molecule has 74 valence electrons. The van der Waals surface area contributed by atoms with Crippen molar-refractivity contribution < 1.29 is 4.74 Å². The van der Waals surface area contributed by atoms with Crippen molar-refractivity contribution in [2.24, 2.45) is 0 Å². The predicted octanol–water partition coefficient (Wildman–Crippen LogP) is 3.04. The van der Waals surface area contributed by atoms with Crippen molar-refractivity contribution in [1.29, 1.82) is 0 Å². The van der Waals surface area contributed by atoms with Gasteiger partial charge in [0.2, 0.25) is 0 Å². The van der Waals surface area contributed by atoms with Crippen LogP contribution in [0.3, 0.4) is 0 Å². The minimum atomic E-state index is 0.876. The highest BCUT2D eigenvalue weighted by Gasteiger charge is 2.16. The summed E-state index contributed by atoms with van der Waals surface area (Å²) in [5.41, 5.74) is 2.04. The van der Waals surface area contributed by atoms with Gasteiger partial charge in [0.1, 0.15) is 0 Å². The van der Waals surface area contributed by atoms with Crippen molar-refractivity contribution in [3.8, 4) is 11.5 Å². The van der Waals surface area contributed by atoms with Crippen LogP contribution in [0.5, 0.6) is 11.5 Å². The Morgan fingerprint density at radius 3 is 2.67 bits per heavy atom. The second-order valence-electron chi connectivity index (χ2n) is 3.44. The Morgan fingerprint density at radius 1 is 0.933 bits per heavy atom. The van der Waals surface area contributed by atoms with Gasteiger partial charge in [-0.1, -0.05) is 24.3 Å². The molecule has 0 fully saturated rings. The number of para-hydroxylation sites is 3. The number of hydrogen-bond donors (Lipinski definition) is 1. The van der Waals surface area contributed by atoms with Gasteiger partial charge in [-0.3, -0.25) is 0 Å². The average molecular weight is 215 g/mol. The summed E-state index contributed by atoms with van der Waals surface area (Å²) in [6.45, 7) is 0. The number of fused-ring (bicyclic) bond motifs is 2. The molecule has 1 aliphatic rings. The summed E-state index contributed by atoms with van der Waals surface area (Å²) in [4.78, 5) is 0. The molecule has 0 radical (unpaired) electrons. The van der Waals surface area contributed by atoms with Gasteiger partial charge in [-0.25, -0.2) is 0 Å². The molecular weight excluding hydrogens is 205 g/mol. The van der Waals surface area contributed by atoms with E-state index in [0.717, 1.165) is 28.2 Å². The second kappa shape index (κ2) is 3.25. The SMILES string of the molecule is Pc1cccc2c1Nc1ccccc1O2. The molecule has 0 saturated heterocycles. The first-order chi connectivity index (χ1) is 7.34. The first kappa shape index (κ1) is 8.75. The summed E-state index contributed by atoms with van der Waals surface area (Å²) in [7, 11) is 2.70. The van der Waals surface area contributed by atoms with Crippen molar-refractivity contribution in [1.82, 2.24) is 0 Å². The Morgan fingerprint density at radius 2 is 1.73 bits per heavy atom. The van der Waals surface area contributed by atoms with Crippen LogP contribution in [0.2, 0.25) is 0 Å². The summed E-state index contributed by atoms with van der Waals surface area (Å²) in [5, 5.41) is 4.48. The molecule has 0 bridgehead atoms. The largest absolute Gasteiger partial charge is 0.453 e. The molecule has 1 N–H and O–H groups in total. The Labute approximate surface area is 90.5 Å². The van der Waals surface area contributed by atoms with Gasteiger partial charge in [0.25, 0.3) is 0 Å². The quantitative estimate of drug-likeness (QED) is 0.582. The third-order valence-electron chi connectivity index (χ3n) is 2.43. The summed E-state index contributed by atoms with van der Waals surface area (Å²) in [5.74, 6) is 1.75. The summed E-state index contributed by atoms with van der Waals surface area (Å²) < 4.78 is 5.78. The van der Waals surface area contributed by atoms with Crippen LogP contribution in [-0.2, 0) is 0 Å². The van der Waals surface area contributed by atoms with Crippen LogP contribution in [0, 0.1) is 0 Å². The maximum atomic E-state index is 5.78. The first-order valence-corrected chi connectivity index (χ1v) is 5.35. The zero-order valence-electron chi connectivity index (χ0n) is 8.03. The molecule has 0 spiro atoms. The van der Waals surface area contributed by atoms with Gasteiger partial charge in [0.15, 0.2) is 11.5 Å². The van der Waals surface area contributed by atoms with Crippen LogP contribution in [0.1, 0.15) is 0 Å². The van der Waals surface area contributed by atoms with Crippen molar-refractivity contribution >= 4 is 25.9 Å². The summed E-state index contributed by atoms with van der Waals surface area (Å²) >= 11 is 0. The Kier molecular flexibility index (Phi) is 1.90. The summed E-state index contributed by atoms with van der Waals surface area (Å²) in [6, 6.07) is 13.9. The fraction of sp³-hybridized carbons (Fsp3) is 0. The monoisotopic (exact) mass is 215 g/mol. The highest BCUT2D eigenvalue weighted by Crippen LogP contribution is 2.40. The molecule has 0 saturated carbocycles. The van der Waals surface area contributed by atoms with E-state index in [1.807, 2.05) is 42.5 Å².